The molecule has 0 unspecified atom stereocenters. The maximum atomic E-state index is 13.4. The molecule has 0 aliphatic carbocycles. The molecule has 1 fully saturated rings. The molecule has 0 spiro atoms. The van der Waals surface area contributed by atoms with E-state index in [0.29, 0.717) is 0 Å². The number of nitrogens with one attached hydrogen (secondary N) is 1. The number of aromatic nitrogens is 1. The summed E-state index contributed by atoms with van der Waals surface area (Å²) >= 11 is 0. The molecule has 0 bridgehead atoms. The molecule has 1 aliphatic rings. The van der Waals surface area contributed by atoms with Crippen molar-refractivity contribution in [3.05, 3.63) is 53.9 Å². The summed E-state index contributed by atoms with van der Waals surface area (Å²) in [7, 11) is 1.29. The fourth-order valence-electron chi connectivity index (χ4n) is 4.06. The van der Waals surface area contributed by atoms with E-state index in [1.165, 1.54) is 26.3 Å². The van der Waals surface area contributed by atoms with Crippen LogP contribution in [0.2, 0.25) is 0 Å². The average molecular weight is 587 g/mol. The molecule has 2 heterocycles. The summed E-state index contributed by atoms with van der Waals surface area (Å²) in [6.45, 7) is 5.75. The Hall–Kier alpha value is -4.68. The van der Waals surface area contributed by atoms with E-state index in [2.05, 4.69) is 10.3 Å². The fraction of sp³-hybridized carbons (Fsp3) is 0.448. The van der Waals surface area contributed by atoms with Crippen LogP contribution in [0.25, 0.3) is 0 Å². The lowest BCUT2D eigenvalue weighted by molar-refractivity contribution is -0.176. The summed E-state index contributed by atoms with van der Waals surface area (Å²) in [4.78, 5) is 68.3. The van der Waals surface area contributed by atoms with Gasteiger partial charge in [-0.1, -0.05) is 44.2 Å². The number of benzene rings is 1. The van der Waals surface area contributed by atoms with E-state index in [4.69, 9.17) is 28.4 Å². The van der Waals surface area contributed by atoms with Crippen molar-refractivity contribution in [1.29, 1.82) is 0 Å². The molecule has 1 amide bonds. The predicted molar refractivity (Wildman–Crippen MR) is 145 cm³/mol. The van der Waals surface area contributed by atoms with Gasteiger partial charge in [0, 0.05) is 12.3 Å². The number of ether oxygens (including phenoxy) is 6. The highest BCUT2D eigenvalue weighted by atomic mass is 16.7. The molecule has 1 N–H and O–H groups in total. The summed E-state index contributed by atoms with van der Waals surface area (Å²) in [6.07, 6.45) is -1.99. The molecule has 13 heteroatoms. The SMILES string of the molecule is CCOC(=O)Oc1c(OC)ccnc1C(=O)N[C@H]1COC(=O)[C@H](Cc2ccccc2)[C@@H](OC(=O)C(C)C)[C@H](C)OC1=O. The first-order valence-electron chi connectivity index (χ1n) is 13.4. The van der Waals surface area contributed by atoms with Crippen molar-refractivity contribution in [2.75, 3.05) is 20.3 Å². The Bertz CT molecular complexity index is 1280. The number of esters is 3. The Morgan fingerprint density at radius 1 is 1.10 bits per heavy atom. The maximum Gasteiger partial charge on any atom is 0.514 e. The van der Waals surface area contributed by atoms with Crippen LogP contribution >= 0.6 is 0 Å². The van der Waals surface area contributed by atoms with E-state index in [0.717, 1.165) is 5.56 Å². The van der Waals surface area contributed by atoms with Gasteiger partial charge in [-0.2, -0.15) is 0 Å². The molecule has 2 aromatic rings. The van der Waals surface area contributed by atoms with Gasteiger partial charge in [-0.15, -0.1) is 0 Å². The minimum Gasteiger partial charge on any atom is -0.493 e. The molecule has 226 valence electrons. The number of pyridine rings is 1. The molecule has 0 radical (unpaired) electrons. The van der Waals surface area contributed by atoms with Crippen molar-refractivity contribution in [2.45, 2.75) is 52.4 Å². The molecule has 1 aromatic heterocycles. The first-order chi connectivity index (χ1) is 20.0. The van der Waals surface area contributed by atoms with Crippen molar-refractivity contribution in [2.24, 2.45) is 11.8 Å². The zero-order valence-corrected chi connectivity index (χ0v) is 24.0. The number of carbonyl (C=O) groups is 5. The lowest BCUT2D eigenvalue weighted by atomic mass is 9.91. The lowest BCUT2D eigenvalue weighted by Crippen LogP contribution is -2.47. The van der Waals surface area contributed by atoms with Crippen LogP contribution in [0.15, 0.2) is 42.6 Å². The summed E-state index contributed by atoms with van der Waals surface area (Å²) in [6, 6.07) is 8.90. The summed E-state index contributed by atoms with van der Waals surface area (Å²) in [5, 5.41) is 2.41. The Kier molecular flexibility index (Phi) is 11.2. The van der Waals surface area contributed by atoms with Crippen LogP contribution in [-0.4, -0.2) is 73.5 Å². The zero-order chi connectivity index (χ0) is 30.8. The third-order valence-electron chi connectivity index (χ3n) is 6.22. The number of rotatable bonds is 9. The van der Waals surface area contributed by atoms with Crippen molar-refractivity contribution >= 4 is 30.0 Å². The smallest absolute Gasteiger partial charge is 0.493 e. The zero-order valence-electron chi connectivity index (χ0n) is 24.0. The molecule has 4 atom stereocenters. The van der Waals surface area contributed by atoms with Crippen LogP contribution < -0.4 is 14.8 Å². The molecule has 1 aromatic carbocycles. The van der Waals surface area contributed by atoms with Crippen molar-refractivity contribution in [3.63, 3.8) is 0 Å². The number of carbonyl (C=O) groups excluding carboxylic acids is 5. The first kappa shape index (κ1) is 31.8. The van der Waals surface area contributed by atoms with Gasteiger partial charge in [-0.25, -0.2) is 14.6 Å². The van der Waals surface area contributed by atoms with Crippen LogP contribution in [0.4, 0.5) is 4.79 Å². The Morgan fingerprint density at radius 2 is 1.81 bits per heavy atom. The van der Waals surface area contributed by atoms with Crippen LogP contribution in [0.5, 0.6) is 11.5 Å². The average Bonchev–Trinajstić information content (AvgIpc) is 2.99. The summed E-state index contributed by atoms with van der Waals surface area (Å²) in [5.41, 5.74) is 0.367. The van der Waals surface area contributed by atoms with Crippen LogP contribution in [0, 0.1) is 11.8 Å². The fourth-order valence-corrected chi connectivity index (χ4v) is 4.06. The minimum atomic E-state index is -1.48. The quantitative estimate of drug-likeness (QED) is 0.338. The topological polar surface area (TPSA) is 166 Å². The van der Waals surface area contributed by atoms with E-state index in [1.807, 2.05) is 6.07 Å². The normalized spacial score (nSPS) is 20.6. The number of methoxy groups -OCH3 is 1. The van der Waals surface area contributed by atoms with Gasteiger partial charge in [0.25, 0.3) is 5.91 Å². The van der Waals surface area contributed by atoms with Gasteiger partial charge >= 0.3 is 24.1 Å². The van der Waals surface area contributed by atoms with Gasteiger partial charge in [0.05, 0.1) is 19.6 Å². The van der Waals surface area contributed by atoms with Crippen LogP contribution in [-0.2, 0) is 39.8 Å². The van der Waals surface area contributed by atoms with Gasteiger partial charge in [-0.05, 0) is 25.8 Å². The molecule has 0 saturated carbocycles. The second-order valence-corrected chi connectivity index (χ2v) is 9.63. The predicted octanol–water partition coefficient (Wildman–Crippen LogP) is 2.64. The minimum absolute atomic E-state index is 0.00106. The van der Waals surface area contributed by atoms with E-state index in [1.54, 1.807) is 45.0 Å². The Balaban J connectivity index is 1.89. The largest absolute Gasteiger partial charge is 0.514 e. The van der Waals surface area contributed by atoms with Crippen molar-refractivity contribution in [1.82, 2.24) is 10.3 Å². The Morgan fingerprint density at radius 3 is 2.45 bits per heavy atom. The van der Waals surface area contributed by atoms with Gasteiger partial charge in [0.1, 0.15) is 18.6 Å². The van der Waals surface area contributed by atoms with Crippen molar-refractivity contribution < 1.29 is 52.4 Å². The molecule has 3 rings (SSSR count). The van der Waals surface area contributed by atoms with Gasteiger partial charge in [0.15, 0.2) is 23.6 Å². The highest BCUT2D eigenvalue weighted by Crippen LogP contribution is 2.30. The highest BCUT2D eigenvalue weighted by molar-refractivity contribution is 5.98. The standard InChI is InChI=1S/C29H34N2O11/c1-6-38-29(36)42-24-21(37-5)12-13-30-22(24)25(32)31-20-15-39-27(34)19(14-18-10-8-7-9-11-18)23(17(4)40-28(20)35)41-26(33)16(2)3/h7-13,16-17,19-20,23H,6,14-15H2,1-5H3,(H,31,32)/t17-,19+,20-,23-/m0/s1. The maximum absolute atomic E-state index is 13.4. The first-order valence-corrected chi connectivity index (χ1v) is 13.4. The van der Waals surface area contributed by atoms with Crippen LogP contribution in [0.3, 0.4) is 0 Å². The van der Waals surface area contributed by atoms with Gasteiger partial charge < -0.3 is 33.7 Å². The number of hydrogen-bond acceptors (Lipinski definition) is 12. The second kappa shape index (κ2) is 14.8. The second-order valence-electron chi connectivity index (χ2n) is 9.63. The van der Waals surface area contributed by atoms with Gasteiger partial charge in [-0.3, -0.25) is 14.4 Å². The summed E-state index contributed by atoms with van der Waals surface area (Å²) < 4.78 is 31.8. The molecule has 13 nitrogen and oxygen atoms in total. The lowest BCUT2D eigenvalue weighted by Gasteiger charge is -2.29. The monoisotopic (exact) mass is 586 g/mol. The van der Waals surface area contributed by atoms with E-state index in [-0.39, 0.29) is 24.5 Å². The molecule has 1 aliphatic heterocycles. The number of amides is 1. The van der Waals surface area contributed by atoms with Crippen LogP contribution in [0.1, 0.15) is 43.7 Å². The van der Waals surface area contributed by atoms with E-state index >= 15 is 0 Å². The molecule has 1 saturated heterocycles. The molecular weight excluding hydrogens is 552 g/mol. The third kappa shape index (κ3) is 8.18. The van der Waals surface area contributed by atoms with E-state index in [9.17, 15) is 24.0 Å². The van der Waals surface area contributed by atoms with E-state index < -0.39 is 72.4 Å². The third-order valence-corrected chi connectivity index (χ3v) is 6.22. The summed E-state index contributed by atoms with van der Waals surface area (Å²) in [5.74, 6) is -5.13. The number of nitrogens with zero attached hydrogens (tertiary/aromatic N) is 1. The van der Waals surface area contributed by atoms with Crippen molar-refractivity contribution in [3.8, 4) is 11.5 Å². The number of hydrogen-bond donors (Lipinski definition) is 1. The highest BCUT2D eigenvalue weighted by Gasteiger charge is 2.42. The molecule has 42 heavy (non-hydrogen) atoms. The Labute approximate surface area is 242 Å². The number of cyclic esters (lactones) is 2. The molecular formula is C29H34N2O11. The van der Waals surface area contributed by atoms with Gasteiger partial charge in [0.2, 0.25) is 5.75 Å².